The molecule has 0 saturated heterocycles. The first-order valence-corrected chi connectivity index (χ1v) is 9.94. The topological polar surface area (TPSA) is 12.9 Å². The predicted molar refractivity (Wildman–Crippen MR) is 118 cm³/mol. The number of pyridine rings is 1. The zero-order valence-corrected chi connectivity index (χ0v) is 15.3. The molecule has 0 fully saturated rings. The summed E-state index contributed by atoms with van der Waals surface area (Å²) in [6, 6.07) is 30.2. The van der Waals surface area contributed by atoms with E-state index in [1.54, 1.807) is 11.3 Å². The predicted octanol–water partition coefficient (Wildman–Crippen LogP) is 7.42. The maximum atomic E-state index is 5.07. The van der Waals surface area contributed by atoms with Crippen LogP contribution in [0.1, 0.15) is 0 Å². The second-order valence-corrected chi connectivity index (χ2v) is 7.78. The van der Waals surface area contributed by atoms with E-state index in [4.69, 9.17) is 4.98 Å². The molecular weight excluding hydrogens is 346 g/mol. The summed E-state index contributed by atoms with van der Waals surface area (Å²) in [5.41, 5.74) is 4.69. The van der Waals surface area contributed by atoms with Gasteiger partial charge in [0.25, 0.3) is 0 Å². The molecule has 1 nitrogen and oxygen atoms in total. The average Bonchev–Trinajstić information content (AvgIpc) is 3.18. The lowest BCUT2D eigenvalue weighted by molar-refractivity contribution is 1.53. The number of rotatable bonds is 1. The first kappa shape index (κ1) is 14.9. The molecule has 4 aromatic carbocycles. The van der Waals surface area contributed by atoms with Crippen molar-refractivity contribution in [1.29, 1.82) is 0 Å². The number of hydrogen-bond donors (Lipinski definition) is 0. The van der Waals surface area contributed by atoms with Gasteiger partial charge in [-0.05, 0) is 34.5 Å². The lowest BCUT2D eigenvalue weighted by atomic mass is 9.99. The monoisotopic (exact) mass is 361 g/mol. The summed E-state index contributed by atoms with van der Waals surface area (Å²) in [5.74, 6) is 0. The van der Waals surface area contributed by atoms with Gasteiger partial charge in [-0.15, -0.1) is 11.3 Å². The van der Waals surface area contributed by atoms with Crippen LogP contribution in [0, 0.1) is 0 Å². The van der Waals surface area contributed by atoms with Gasteiger partial charge in [-0.2, -0.15) is 0 Å². The third-order valence-electron chi connectivity index (χ3n) is 5.31. The van der Waals surface area contributed by atoms with E-state index in [2.05, 4.69) is 90.3 Å². The fraction of sp³-hybridized carbons (Fsp3) is 0. The van der Waals surface area contributed by atoms with Gasteiger partial charge < -0.3 is 0 Å². The van der Waals surface area contributed by atoms with Gasteiger partial charge >= 0.3 is 0 Å². The Labute approximate surface area is 160 Å². The van der Waals surface area contributed by atoms with Crippen molar-refractivity contribution in [2.75, 3.05) is 0 Å². The van der Waals surface area contributed by atoms with Gasteiger partial charge in [0.1, 0.15) is 0 Å². The van der Waals surface area contributed by atoms with Crippen LogP contribution < -0.4 is 0 Å². The average molecular weight is 361 g/mol. The molecule has 0 N–H and O–H groups in total. The Morgan fingerprint density at radius 3 is 2.41 bits per heavy atom. The summed E-state index contributed by atoms with van der Waals surface area (Å²) >= 11 is 1.80. The van der Waals surface area contributed by atoms with Crippen molar-refractivity contribution in [3.05, 3.63) is 90.3 Å². The lowest BCUT2D eigenvalue weighted by Crippen LogP contribution is -1.86. The highest BCUT2D eigenvalue weighted by Crippen LogP contribution is 2.39. The Kier molecular flexibility index (Phi) is 3.11. The fourth-order valence-corrected chi connectivity index (χ4v) is 4.99. The van der Waals surface area contributed by atoms with Gasteiger partial charge in [0.15, 0.2) is 0 Å². The maximum absolute atomic E-state index is 5.07. The van der Waals surface area contributed by atoms with Crippen LogP contribution in [-0.4, -0.2) is 4.98 Å². The van der Waals surface area contributed by atoms with Crippen molar-refractivity contribution in [2.24, 2.45) is 0 Å². The van der Waals surface area contributed by atoms with Gasteiger partial charge in [0, 0.05) is 31.8 Å². The van der Waals surface area contributed by atoms with E-state index >= 15 is 0 Å². The van der Waals surface area contributed by atoms with Crippen LogP contribution in [0.15, 0.2) is 90.3 Å². The quantitative estimate of drug-likeness (QED) is 0.219. The molecule has 0 saturated carbocycles. The SMILES string of the molecule is c1ccc(-c2csc3ccc4nc5c(ccc6ccccc65)cc4c23)cc1. The van der Waals surface area contributed by atoms with Crippen molar-refractivity contribution in [2.45, 2.75) is 0 Å². The van der Waals surface area contributed by atoms with E-state index in [-0.39, 0.29) is 0 Å². The molecule has 2 heteroatoms. The zero-order valence-electron chi connectivity index (χ0n) is 14.5. The highest BCUT2D eigenvalue weighted by molar-refractivity contribution is 7.18. The Balaban J connectivity index is 1.76. The van der Waals surface area contributed by atoms with Crippen molar-refractivity contribution < 1.29 is 0 Å². The number of aromatic nitrogens is 1. The normalized spacial score (nSPS) is 11.7. The van der Waals surface area contributed by atoms with Crippen molar-refractivity contribution in [3.8, 4) is 11.1 Å². The number of nitrogens with zero attached hydrogens (tertiary/aromatic N) is 1. The van der Waals surface area contributed by atoms with E-state index in [0.717, 1.165) is 11.0 Å². The Bertz CT molecular complexity index is 1460. The molecule has 0 unspecified atom stereocenters. The molecule has 0 aliphatic rings. The summed E-state index contributed by atoms with van der Waals surface area (Å²) < 4.78 is 1.31. The van der Waals surface area contributed by atoms with Crippen LogP contribution in [0.2, 0.25) is 0 Å². The van der Waals surface area contributed by atoms with Gasteiger partial charge in [0.05, 0.1) is 11.0 Å². The third kappa shape index (κ3) is 2.20. The minimum absolute atomic E-state index is 1.06. The van der Waals surface area contributed by atoms with Gasteiger partial charge in [-0.1, -0.05) is 66.7 Å². The van der Waals surface area contributed by atoms with Crippen LogP contribution in [0.25, 0.3) is 53.8 Å². The molecule has 6 aromatic rings. The maximum Gasteiger partial charge on any atom is 0.0788 e. The fourth-order valence-electron chi connectivity index (χ4n) is 4.01. The highest BCUT2D eigenvalue weighted by atomic mass is 32.1. The molecule has 0 aliphatic carbocycles. The van der Waals surface area contributed by atoms with Crippen LogP contribution in [0.3, 0.4) is 0 Å². The largest absolute Gasteiger partial charge is 0.247 e. The van der Waals surface area contributed by atoms with Crippen LogP contribution in [0.4, 0.5) is 0 Å². The first-order chi connectivity index (χ1) is 13.4. The third-order valence-corrected chi connectivity index (χ3v) is 6.25. The second-order valence-electron chi connectivity index (χ2n) is 6.87. The molecule has 0 radical (unpaired) electrons. The van der Waals surface area contributed by atoms with E-state index in [1.165, 1.54) is 42.8 Å². The number of benzene rings is 4. The summed E-state index contributed by atoms with van der Waals surface area (Å²) in [5, 5.41) is 8.45. The molecule has 0 aliphatic heterocycles. The minimum Gasteiger partial charge on any atom is -0.247 e. The standard InChI is InChI=1S/C25H15NS/c1-2-6-16(7-3-1)21-15-27-23-13-12-22-20(24(21)23)14-18-11-10-17-8-4-5-9-19(17)25(18)26-22/h1-15H. The molecule has 0 amide bonds. The molecule has 2 heterocycles. The first-order valence-electron chi connectivity index (χ1n) is 9.06. The van der Waals surface area contributed by atoms with E-state index in [9.17, 15) is 0 Å². The summed E-state index contributed by atoms with van der Waals surface area (Å²) in [4.78, 5) is 5.07. The summed E-state index contributed by atoms with van der Waals surface area (Å²) in [7, 11) is 0. The van der Waals surface area contributed by atoms with Gasteiger partial charge in [-0.25, -0.2) is 4.98 Å². The Morgan fingerprint density at radius 2 is 1.48 bits per heavy atom. The van der Waals surface area contributed by atoms with E-state index in [0.29, 0.717) is 0 Å². The van der Waals surface area contributed by atoms with Crippen LogP contribution >= 0.6 is 11.3 Å². The van der Waals surface area contributed by atoms with Crippen molar-refractivity contribution >= 4 is 54.0 Å². The molecule has 0 atom stereocenters. The lowest BCUT2D eigenvalue weighted by Gasteiger charge is -2.08. The Hall–Kier alpha value is -3.23. The minimum atomic E-state index is 1.06. The van der Waals surface area contributed by atoms with Gasteiger partial charge in [0.2, 0.25) is 0 Å². The summed E-state index contributed by atoms with van der Waals surface area (Å²) in [6.07, 6.45) is 0. The molecule has 126 valence electrons. The van der Waals surface area contributed by atoms with Crippen molar-refractivity contribution in [1.82, 2.24) is 4.98 Å². The summed E-state index contributed by atoms with van der Waals surface area (Å²) in [6.45, 7) is 0. The highest BCUT2D eigenvalue weighted by Gasteiger charge is 2.12. The smallest absolute Gasteiger partial charge is 0.0788 e. The number of thiophene rings is 1. The second kappa shape index (κ2) is 5.63. The Morgan fingerprint density at radius 1 is 0.667 bits per heavy atom. The van der Waals surface area contributed by atoms with Crippen LogP contribution in [-0.2, 0) is 0 Å². The van der Waals surface area contributed by atoms with Gasteiger partial charge in [-0.3, -0.25) is 0 Å². The molecule has 2 aromatic heterocycles. The van der Waals surface area contributed by atoms with Crippen molar-refractivity contribution in [3.63, 3.8) is 0 Å². The molecule has 0 bridgehead atoms. The van der Waals surface area contributed by atoms with Crippen LogP contribution in [0.5, 0.6) is 0 Å². The zero-order chi connectivity index (χ0) is 17.8. The number of hydrogen-bond acceptors (Lipinski definition) is 2. The number of fused-ring (bicyclic) bond motifs is 6. The molecule has 6 rings (SSSR count). The molecular formula is C25H15NS. The molecule has 0 spiro atoms. The molecule has 27 heavy (non-hydrogen) atoms. The van der Waals surface area contributed by atoms with E-state index < -0.39 is 0 Å². The van der Waals surface area contributed by atoms with E-state index in [1.807, 2.05) is 0 Å².